The summed E-state index contributed by atoms with van der Waals surface area (Å²) < 4.78 is 23.8. The molecule has 84 valence electrons. The lowest BCUT2D eigenvalue weighted by Crippen LogP contribution is -1.97. The van der Waals surface area contributed by atoms with Gasteiger partial charge in [0.05, 0.1) is 19.9 Å². The zero-order valence-corrected chi connectivity index (χ0v) is 8.87. The van der Waals surface area contributed by atoms with Crippen LogP contribution in [-0.2, 0) is 6.54 Å². The number of hydrogen-bond donors (Lipinski definition) is 1. The van der Waals surface area contributed by atoms with Gasteiger partial charge in [-0.1, -0.05) is 0 Å². The molecule has 0 radical (unpaired) electrons. The largest absolute Gasteiger partial charge is 0.497 e. The first-order valence-electron chi connectivity index (χ1n) is 4.86. The molecule has 4 heteroatoms. The SMILES string of the molecule is COc1ccc(-c2ccoc2CN)c(F)c1. The van der Waals surface area contributed by atoms with Gasteiger partial charge < -0.3 is 14.9 Å². The van der Waals surface area contributed by atoms with E-state index < -0.39 is 0 Å². The average molecular weight is 221 g/mol. The molecule has 0 amide bonds. The highest BCUT2D eigenvalue weighted by Crippen LogP contribution is 2.29. The second-order valence-electron chi connectivity index (χ2n) is 3.31. The normalized spacial score (nSPS) is 10.4. The summed E-state index contributed by atoms with van der Waals surface area (Å²) in [7, 11) is 1.50. The van der Waals surface area contributed by atoms with Gasteiger partial charge in [-0.05, 0) is 18.2 Å². The van der Waals surface area contributed by atoms with Gasteiger partial charge in [0.25, 0.3) is 0 Å². The van der Waals surface area contributed by atoms with Crippen molar-refractivity contribution in [1.29, 1.82) is 0 Å². The molecule has 3 nitrogen and oxygen atoms in total. The molecule has 2 rings (SSSR count). The van der Waals surface area contributed by atoms with Crippen molar-refractivity contribution in [3.8, 4) is 16.9 Å². The smallest absolute Gasteiger partial charge is 0.134 e. The molecule has 0 spiro atoms. The Hall–Kier alpha value is -1.81. The highest BCUT2D eigenvalue weighted by molar-refractivity contribution is 5.66. The van der Waals surface area contributed by atoms with Gasteiger partial charge in [0, 0.05) is 17.2 Å². The molecule has 0 aliphatic heterocycles. The topological polar surface area (TPSA) is 48.4 Å². The Morgan fingerprint density at radius 1 is 1.31 bits per heavy atom. The van der Waals surface area contributed by atoms with Gasteiger partial charge in [-0.2, -0.15) is 0 Å². The van der Waals surface area contributed by atoms with E-state index in [4.69, 9.17) is 14.9 Å². The van der Waals surface area contributed by atoms with Crippen molar-refractivity contribution < 1.29 is 13.5 Å². The summed E-state index contributed by atoms with van der Waals surface area (Å²) >= 11 is 0. The minimum absolute atomic E-state index is 0.244. The van der Waals surface area contributed by atoms with Crippen LogP contribution in [0.4, 0.5) is 4.39 Å². The van der Waals surface area contributed by atoms with E-state index in [-0.39, 0.29) is 12.4 Å². The summed E-state index contributed by atoms with van der Waals surface area (Å²) in [4.78, 5) is 0. The molecule has 0 atom stereocenters. The van der Waals surface area contributed by atoms with E-state index in [2.05, 4.69) is 0 Å². The molecular formula is C12H12FNO2. The Labute approximate surface area is 92.6 Å². The fourth-order valence-electron chi connectivity index (χ4n) is 1.58. The van der Waals surface area contributed by atoms with Crippen LogP contribution in [0.3, 0.4) is 0 Å². The second-order valence-corrected chi connectivity index (χ2v) is 3.31. The van der Waals surface area contributed by atoms with Crippen LogP contribution in [-0.4, -0.2) is 7.11 Å². The van der Waals surface area contributed by atoms with Gasteiger partial charge in [-0.15, -0.1) is 0 Å². The molecule has 0 bridgehead atoms. The maximum atomic E-state index is 13.8. The minimum atomic E-state index is -0.351. The van der Waals surface area contributed by atoms with Crippen molar-refractivity contribution in [2.24, 2.45) is 5.73 Å². The predicted octanol–water partition coefficient (Wildman–Crippen LogP) is 2.55. The van der Waals surface area contributed by atoms with Crippen molar-refractivity contribution in [1.82, 2.24) is 0 Å². The third-order valence-corrected chi connectivity index (χ3v) is 2.40. The highest BCUT2D eigenvalue weighted by Gasteiger charge is 2.12. The van der Waals surface area contributed by atoms with Crippen molar-refractivity contribution in [3.05, 3.63) is 42.1 Å². The molecule has 1 aromatic carbocycles. The molecule has 16 heavy (non-hydrogen) atoms. The van der Waals surface area contributed by atoms with Crippen LogP contribution in [0, 0.1) is 5.82 Å². The number of nitrogens with two attached hydrogens (primary N) is 1. The maximum Gasteiger partial charge on any atom is 0.134 e. The van der Waals surface area contributed by atoms with E-state index in [1.54, 1.807) is 18.2 Å². The summed E-state index contributed by atoms with van der Waals surface area (Å²) in [5.41, 5.74) is 6.65. The summed E-state index contributed by atoms with van der Waals surface area (Å²) in [6.07, 6.45) is 1.50. The van der Waals surface area contributed by atoms with Crippen LogP contribution in [0.25, 0.3) is 11.1 Å². The van der Waals surface area contributed by atoms with Crippen LogP contribution < -0.4 is 10.5 Å². The van der Waals surface area contributed by atoms with Crippen molar-refractivity contribution >= 4 is 0 Å². The average Bonchev–Trinajstić information content (AvgIpc) is 2.76. The number of rotatable bonds is 3. The lowest BCUT2D eigenvalue weighted by molar-refractivity contribution is 0.411. The standard InChI is InChI=1S/C12H12FNO2/c1-15-8-2-3-9(11(13)6-8)10-4-5-16-12(10)7-14/h2-6H,7,14H2,1H3. The lowest BCUT2D eigenvalue weighted by atomic mass is 10.1. The number of halogens is 1. The third-order valence-electron chi connectivity index (χ3n) is 2.40. The van der Waals surface area contributed by atoms with Gasteiger partial charge in [0.2, 0.25) is 0 Å². The van der Waals surface area contributed by atoms with Crippen LogP contribution in [0.2, 0.25) is 0 Å². The predicted molar refractivity (Wildman–Crippen MR) is 58.5 cm³/mol. The summed E-state index contributed by atoms with van der Waals surface area (Å²) in [5, 5.41) is 0. The minimum Gasteiger partial charge on any atom is -0.497 e. The van der Waals surface area contributed by atoms with E-state index in [1.165, 1.54) is 19.4 Å². The molecule has 2 aromatic rings. The molecule has 0 aliphatic carbocycles. The summed E-state index contributed by atoms with van der Waals surface area (Å²) in [5.74, 6) is 0.707. The monoisotopic (exact) mass is 221 g/mol. The quantitative estimate of drug-likeness (QED) is 0.866. The van der Waals surface area contributed by atoms with Gasteiger partial charge >= 0.3 is 0 Å². The highest BCUT2D eigenvalue weighted by atomic mass is 19.1. The Balaban J connectivity index is 2.48. The van der Waals surface area contributed by atoms with Gasteiger partial charge in [0.15, 0.2) is 0 Å². The molecule has 2 N–H and O–H groups in total. The molecule has 0 saturated heterocycles. The molecular weight excluding hydrogens is 209 g/mol. The number of benzene rings is 1. The van der Waals surface area contributed by atoms with Crippen LogP contribution >= 0.6 is 0 Å². The summed E-state index contributed by atoms with van der Waals surface area (Å²) in [6, 6.07) is 6.39. The second kappa shape index (κ2) is 4.37. The van der Waals surface area contributed by atoms with Crippen molar-refractivity contribution in [2.75, 3.05) is 7.11 Å². The van der Waals surface area contributed by atoms with E-state index in [1.807, 2.05) is 0 Å². The number of methoxy groups -OCH3 is 1. The van der Waals surface area contributed by atoms with Gasteiger partial charge in [-0.3, -0.25) is 0 Å². The Kier molecular flexibility index (Phi) is 2.92. The first-order valence-corrected chi connectivity index (χ1v) is 4.86. The fourth-order valence-corrected chi connectivity index (χ4v) is 1.58. The van der Waals surface area contributed by atoms with Gasteiger partial charge in [0.1, 0.15) is 17.3 Å². The number of furan rings is 1. The molecule has 0 saturated carbocycles. The van der Waals surface area contributed by atoms with E-state index >= 15 is 0 Å². The Morgan fingerprint density at radius 2 is 2.12 bits per heavy atom. The van der Waals surface area contributed by atoms with E-state index in [0.29, 0.717) is 22.6 Å². The summed E-state index contributed by atoms with van der Waals surface area (Å²) in [6.45, 7) is 0.244. The molecule has 0 unspecified atom stereocenters. The molecule has 1 aromatic heterocycles. The Morgan fingerprint density at radius 3 is 2.75 bits per heavy atom. The number of ether oxygens (including phenoxy) is 1. The van der Waals surface area contributed by atoms with E-state index in [0.717, 1.165) is 0 Å². The fraction of sp³-hybridized carbons (Fsp3) is 0.167. The molecule has 1 heterocycles. The molecule has 0 fully saturated rings. The van der Waals surface area contributed by atoms with Crippen LogP contribution in [0.15, 0.2) is 34.9 Å². The first kappa shape index (κ1) is 10.7. The van der Waals surface area contributed by atoms with Gasteiger partial charge in [-0.25, -0.2) is 4.39 Å². The third kappa shape index (κ3) is 1.79. The van der Waals surface area contributed by atoms with Crippen molar-refractivity contribution in [3.63, 3.8) is 0 Å². The molecule has 0 aliphatic rings. The van der Waals surface area contributed by atoms with Crippen molar-refractivity contribution in [2.45, 2.75) is 6.54 Å². The first-order chi connectivity index (χ1) is 7.76. The lowest BCUT2D eigenvalue weighted by Gasteiger charge is -2.05. The zero-order chi connectivity index (χ0) is 11.5. The Bertz CT molecular complexity index is 494. The van der Waals surface area contributed by atoms with Crippen LogP contribution in [0.1, 0.15) is 5.76 Å². The number of hydrogen-bond acceptors (Lipinski definition) is 3. The van der Waals surface area contributed by atoms with Crippen LogP contribution in [0.5, 0.6) is 5.75 Å². The van der Waals surface area contributed by atoms with E-state index in [9.17, 15) is 4.39 Å². The zero-order valence-electron chi connectivity index (χ0n) is 8.87. The maximum absolute atomic E-state index is 13.8.